The third kappa shape index (κ3) is 4.20. The number of rotatable bonds is 5. The van der Waals surface area contributed by atoms with Gasteiger partial charge in [-0.1, -0.05) is 19.3 Å². The monoisotopic (exact) mass is 414 g/mol. The fourth-order valence-corrected chi connectivity index (χ4v) is 4.57. The molecule has 1 saturated carbocycles. The third-order valence-electron chi connectivity index (χ3n) is 6.05. The first-order valence-corrected chi connectivity index (χ1v) is 10.8. The maximum absolute atomic E-state index is 12.5. The first-order valence-electron chi connectivity index (χ1n) is 10.8. The average Bonchev–Trinajstić information content (AvgIpc) is 3.32. The van der Waals surface area contributed by atoms with Gasteiger partial charge in [-0.3, -0.25) is 14.7 Å². The predicted molar refractivity (Wildman–Crippen MR) is 111 cm³/mol. The summed E-state index contributed by atoms with van der Waals surface area (Å²) >= 11 is 0. The van der Waals surface area contributed by atoms with Crippen molar-refractivity contribution in [2.24, 2.45) is 0 Å². The molecule has 2 amide bonds. The molecule has 0 aromatic carbocycles. The highest BCUT2D eigenvalue weighted by molar-refractivity contribution is 5.92. The van der Waals surface area contributed by atoms with E-state index in [-0.39, 0.29) is 12.6 Å². The van der Waals surface area contributed by atoms with Crippen molar-refractivity contribution in [3.63, 3.8) is 0 Å². The van der Waals surface area contributed by atoms with Crippen molar-refractivity contribution < 1.29 is 14.3 Å². The first-order chi connectivity index (χ1) is 14.6. The van der Waals surface area contributed by atoms with Gasteiger partial charge in [0, 0.05) is 18.3 Å². The summed E-state index contributed by atoms with van der Waals surface area (Å²) in [6.07, 6.45) is 8.86. The van der Waals surface area contributed by atoms with E-state index in [2.05, 4.69) is 20.8 Å². The van der Waals surface area contributed by atoms with Crippen molar-refractivity contribution >= 4 is 17.8 Å². The zero-order valence-corrected chi connectivity index (χ0v) is 17.7. The Hall–Kier alpha value is -2.84. The minimum atomic E-state index is -0.405. The van der Waals surface area contributed by atoms with Gasteiger partial charge in [0.1, 0.15) is 5.56 Å². The van der Waals surface area contributed by atoms with Crippen molar-refractivity contribution in [3.05, 3.63) is 28.7 Å². The maximum atomic E-state index is 12.5. The predicted octanol–water partition coefficient (Wildman–Crippen LogP) is 3.34. The van der Waals surface area contributed by atoms with Crippen LogP contribution >= 0.6 is 0 Å². The van der Waals surface area contributed by atoms with E-state index in [1.54, 1.807) is 0 Å². The molecule has 1 aliphatic heterocycles. The third-order valence-corrected chi connectivity index (χ3v) is 6.05. The smallest absolute Gasteiger partial charge is 0.341 e. The summed E-state index contributed by atoms with van der Waals surface area (Å²) in [5.74, 6) is 0.130. The molecule has 9 nitrogen and oxygen atoms in total. The lowest BCUT2D eigenvalue weighted by Crippen LogP contribution is -2.29. The lowest BCUT2D eigenvalue weighted by atomic mass is 9.95. The van der Waals surface area contributed by atoms with Crippen molar-refractivity contribution in [3.8, 4) is 0 Å². The number of carbonyl (C=O) groups excluding carboxylic acids is 2. The molecule has 1 aliphatic carbocycles. The standard InChI is InChI=1S/C21H30N6O3/c1-14-12-18(25-27(14)15-8-4-3-5-9-15)23-21(29)22-13-16-19(20(28)30-2)17-10-6-7-11-26(17)24-16/h12,15H,3-11,13H2,1-2H3,(H2,22,23,25,29). The van der Waals surface area contributed by atoms with Crippen LogP contribution in [0.3, 0.4) is 0 Å². The van der Waals surface area contributed by atoms with Crippen LogP contribution in [0.4, 0.5) is 10.6 Å². The van der Waals surface area contributed by atoms with Gasteiger partial charge in [0.15, 0.2) is 5.82 Å². The van der Waals surface area contributed by atoms with Gasteiger partial charge in [-0.15, -0.1) is 0 Å². The maximum Gasteiger partial charge on any atom is 0.341 e. The van der Waals surface area contributed by atoms with E-state index in [4.69, 9.17) is 4.74 Å². The Morgan fingerprint density at radius 2 is 1.97 bits per heavy atom. The number of urea groups is 1. The Morgan fingerprint density at radius 3 is 2.73 bits per heavy atom. The summed E-state index contributed by atoms with van der Waals surface area (Å²) in [5, 5.41) is 14.7. The number of anilines is 1. The van der Waals surface area contributed by atoms with E-state index in [1.165, 1.54) is 26.4 Å². The first kappa shape index (κ1) is 20.4. The van der Waals surface area contributed by atoms with Crippen LogP contribution in [0, 0.1) is 6.92 Å². The summed E-state index contributed by atoms with van der Waals surface area (Å²) in [4.78, 5) is 24.7. The van der Waals surface area contributed by atoms with E-state index in [1.807, 2.05) is 22.4 Å². The van der Waals surface area contributed by atoms with E-state index >= 15 is 0 Å². The number of hydrogen-bond acceptors (Lipinski definition) is 5. The molecule has 4 rings (SSSR count). The lowest BCUT2D eigenvalue weighted by molar-refractivity contribution is 0.0597. The summed E-state index contributed by atoms with van der Waals surface area (Å²) in [6.45, 7) is 2.95. The molecule has 0 saturated heterocycles. The van der Waals surface area contributed by atoms with Gasteiger partial charge in [-0.05, 0) is 39.0 Å². The second-order valence-electron chi connectivity index (χ2n) is 8.16. The SMILES string of the molecule is COC(=O)c1c(CNC(=O)Nc2cc(C)n(C3CCCCC3)n2)nn2c1CCCC2. The average molecular weight is 415 g/mol. The van der Waals surface area contributed by atoms with Gasteiger partial charge >= 0.3 is 12.0 Å². The largest absolute Gasteiger partial charge is 0.465 e. The fraction of sp³-hybridized carbons (Fsp3) is 0.619. The highest BCUT2D eigenvalue weighted by Gasteiger charge is 2.26. The fourth-order valence-electron chi connectivity index (χ4n) is 4.57. The van der Waals surface area contributed by atoms with Crippen LogP contribution in [0.5, 0.6) is 0 Å². The zero-order chi connectivity index (χ0) is 21.1. The molecule has 1 fully saturated rings. The lowest BCUT2D eigenvalue weighted by Gasteiger charge is -2.23. The number of amides is 2. The quantitative estimate of drug-likeness (QED) is 0.731. The molecule has 2 aliphatic rings. The Bertz CT molecular complexity index is 926. The summed E-state index contributed by atoms with van der Waals surface area (Å²) in [7, 11) is 1.37. The van der Waals surface area contributed by atoms with Crippen LogP contribution in [-0.4, -0.2) is 38.7 Å². The van der Waals surface area contributed by atoms with Crippen LogP contribution in [0.1, 0.15) is 78.4 Å². The van der Waals surface area contributed by atoms with Crippen LogP contribution in [-0.2, 0) is 24.2 Å². The number of ether oxygens (including phenoxy) is 1. The minimum absolute atomic E-state index is 0.151. The number of hydrogen-bond donors (Lipinski definition) is 2. The van der Waals surface area contributed by atoms with Crippen molar-refractivity contribution in [2.45, 2.75) is 77.4 Å². The van der Waals surface area contributed by atoms with Gasteiger partial charge in [-0.2, -0.15) is 10.2 Å². The van der Waals surface area contributed by atoms with Gasteiger partial charge in [0.2, 0.25) is 0 Å². The molecule has 2 aromatic heterocycles. The second-order valence-corrected chi connectivity index (χ2v) is 8.16. The number of carbonyl (C=O) groups is 2. The topological polar surface area (TPSA) is 103 Å². The van der Waals surface area contributed by atoms with E-state index in [0.717, 1.165) is 50.0 Å². The number of aryl methyl sites for hydroxylation is 2. The number of nitrogens with one attached hydrogen (secondary N) is 2. The van der Waals surface area contributed by atoms with E-state index in [0.29, 0.717) is 23.1 Å². The molecule has 30 heavy (non-hydrogen) atoms. The normalized spacial score (nSPS) is 16.7. The van der Waals surface area contributed by atoms with Crippen LogP contribution in [0.2, 0.25) is 0 Å². The molecule has 2 aromatic rings. The molecule has 2 N–H and O–H groups in total. The van der Waals surface area contributed by atoms with Gasteiger partial charge in [0.05, 0.1) is 31.1 Å². The summed E-state index contributed by atoms with van der Waals surface area (Å²) in [5.41, 5.74) is 2.96. The summed E-state index contributed by atoms with van der Waals surface area (Å²) in [6, 6.07) is 1.94. The van der Waals surface area contributed by atoms with Crippen molar-refractivity contribution in [1.29, 1.82) is 0 Å². The highest BCUT2D eigenvalue weighted by Crippen LogP contribution is 2.29. The van der Waals surface area contributed by atoms with Gasteiger partial charge in [0.25, 0.3) is 0 Å². The molecule has 3 heterocycles. The van der Waals surface area contributed by atoms with E-state index < -0.39 is 5.97 Å². The Morgan fingerprint density at radius 1 is 1.17 bits per heavy atom. The number of esters is 1. The second kappa shape index (κ2) is 8.89. The number of aromatic nitrogens is 4. The molecule has 162 valence electrons. The van der Waals surface area contributed by atoms with Crippen LogP contribution in [0.15, 0.2) is 6.07 Å². The minimum Gasteiger partial charge on any atom is -0.465 e. The summed E-state index contributed by atoms with van der Waals surface area (Å²) < 4.78 is 8.84. The van der Waals surface area contributed by atoms with Crippen LogP contribution < -0.4 is 10.6 Å². The van der Waals surface area contributed by atoms with Gasteiger partial charge < -0.3 is 10.1 Å². The zero-order valence-electron chi connectivity index (χ0n) is 17.7. The molecule has 0 radical (unpaired) electrons. The molecule has 0 spiro atoms. The number of fused-ring (bicyclic) bond motifs is 1. The van der Waals surface area contributed by atoms with Crippen molar-refractivity contribution in [1.82, 2.24) is 24.9 Å². The molecule has 0 bridgehead atoms. The van der Waals surface area contributed by atoms with Crippen molar-refractivity contribution in [2.75, 3.05) is 12.4 Å². The van der Waals surface area contributed by atoms with Gasteiger partial charge in [-0.25, -0.2) is 9.59 Å². The molecule has 9 heteroatoms. The Kier molecular flexibility index (Phi) is 6.06. The van der Waals surface area contributed by atoms with Crippen LogP contribution in [0.25, 0.3) is 0 Å². The Balaban J connectivity index is 1.41. The molecule has 0 atom stereocenters. The molecule has 0 unspecified atom stereocenters. The highest BCUT2D eigenvalue weighted by atomic mass is 16.5. The number of nitrogens with zero attached hydrogens (tertiary/aromatic N) is 4. The molecular weight excluding hydrogens is 384 g/mol. The molecular formula is C21H30N6O3. The number of methoxy groups -OCH3 is 1. The Labute approximate surface area is 176 Å². The van der Waals surface area contributed by atoms with E-state index in [9.17, 15) is 9.59 Å².